The zero-order chi connectivity index (χ0) is 31.7. The van der Waals surface area contributed by atoms with Gasteiger partial charge in [-0.3, -0.25) is 14.6 Å². The maximum atomic E-state index is 15.5. The largest absolute Gasteiger partial charge is 0.493 e. The molecule has 2 aromatic rings. The van der Waals surface area contributed by atoms with Gasteiger partial charge in [0.2, 0.25) is 0 Å². The fraction of sp³-hybridized carbons (Fsp3) is 0.517. The predicted molar refractivity (Wildman–Crippen MR) is 153 cm³/mol. The summed E-state index contributed by atoms with van der Waals surface area (Å²) in [6, 6.07) is 8.34. The molecule has 6 rings (SSSR count). The van der Waals surface area contributed by atoms with E-state index >= 15 is 4.39 Å². The second-order valence-electron chi connectivity index (χ2n) is 12.0. The van der Waals surface area contributed by atoms with Crippen LogP contribution in [0.15, 0.2) is 30.3 Å². The average molecular weight is 679 g/mol. The van der Waals surface area contributed by atoms with Gasteiger partial charge in [-0.2, -0.15) is 13.2 Å². The number of carbonyl (C=O) groups excluding carboxylic acids is 2. The first kappa shape index (κ1) is 31.5. The van der Waals surface area contributed by atoms with E-state index in [1.165, 1.54) is 6.07 Å². The maximum absolute atomic E-state index is 15.5. The number of hydroxylamine groups is 1. The standard InChI is InChI=1S/C29H29Cl2F4N3O5S/c1-15(17-6-19(30)9-20(31)7-17)37-14-21-10-22(37)13-36(21)12-18-8-26(32)25(11-24(18)16-2-3-16)27(39)38(43-28(40)29(33,34)35)44(41,42)23-4-5-23/h6-9,11,15-16,21-23H,2-5,10,12-14H2,1H3/t15-,21+,22+/m1/s1. The van der Waals surface area contributed by atoms with Crippen LogP contribution in [-0.2, 0) is 26.2 Å². The number of rotatable bonds is 8. The van der Waals surface area contributed by atoms with Gasteiger partial charge in [0.15, 0.2) is 0 Å². The van der Waals surface area contributed by atoms with Crippen molar-refractivity contribution in [3.63, 3.8) is 0 Å². The molecular weight excluding hydrogens is 649 g/mol. The zero-order valence-electron chi connectivity index (χ0n) is 23.5. The predicted octanol–water partition coefficient (Wildman–Crippen LogP) is 5.98. The van der Waals surface area contributed by atoms with Gasteiger partial charge in [0.25, 0.3) is 10.0 Å². The first-order chi connectivity index (χ1) is 20.6. The van der Waals surface area contributed by atoms with Crippen LogP contribution in [0.5, 0.6) is 0 Å². The first-order valence-corrected chi connectivity index (χ1v) is 16.5. The molecule has 4 fully saturated rings. The topological polar surface area (TPSA) is 87.2 Å². The Bertz CT molecular complexity index is 1600. The Kier molecular flexibility index (Phi) is 8.18. The minimum absolute atomic E-state index is 0.00717. The fourth-order valence-corrected chi connectivity index (χ4v) is 8.36. The van der Waals surface area contributed by atoms with Crippen molar-refractivity contribution in [1.29, 1.82) is 0 Å². The number of fused-ring (bicyclic) bond motifs is 2. The van der Waals surface area contributed by atoms with Gasteiger partial charge in [-0.05, 0) is 92.0 Å². The van der Waals surface area contributed by atoms with Gasteiger partial charge < -0.3 is 4.84 Å². The molecule has 2 aliphatic heterocycles. The number of piperazine rings is 1. The first-order valence-electron chi connectivity index (χ1n) is 14.3. The third-order valence-corrected chi connectivity index (χ3v) is 11.3. The number of halogens is 6. The number of sulfonamides is 1. The number of amides is 1. The lowest BCUT2D eigenvalue weighted by molar-refractivity contribution is -0.217. The van der Waals surface area contributed by atoms with Crippen LogP contribution >= 0.6 is 23.2 Å². The summed E-state index contributed by atoms with van der Waals surface area (Å²) in [6.45, 7) is 3.97. The van der Waals surface area contributed by atoms with Crippen molar-refractivity contribution in [1.82, 2.24) is 14.3 Å². The Hall–Kier alpha value is -2.45. The van der Waals surface area contributed by atoms with E-state index in [0.29, 0.717) is 27.7 Å². The molecular formula is C29H29Cl2F4N3O5S. The van der Waals surface area contributed by atoms with E-state index in [2.05, 4.69) is 21.6 Å². The molecule has 0 unspecified atom stereocenters. The molecule has 0 N–H and O–H groups in total. The molecule has 0 radical (unpaired) electrons. The Labute approximate surface area is 261 Å². The lowest BCUT2D eigenvalue weighted by Gasteiger charge is -2.38. The summed E-state index contributed by atoms with van der Waals surface area (Å²) in [6.07, 6.45) is -2.98. The zero-order valence-corrected chi connectivity index (χ0v) is 25.8. The Morgan fingerprint density at radius 1 is 1.02 bits per heavy atom. The molecule has 44 heavy (non-hydrogen) atoms. The summed E-state index contributed by atoms with van der Waals surface area (Å²) in [5.74, 6) is -5.68. The van der Waals surface area contributed by atoms with Crippen LogP contribution < -0.4 is 0 Å². The third kappa shape index (κ3) is 6.18. The fourth-order valence-electron chi connectivity index (χ4n) is 6.32. The minimum Gasteiger partial charge on any atom is -0.314 e. The molecule has 2 heterocycles. The van der Waals surface area contributed by atoms with E-state index in [4.69, 9.17) is 23.2 Å². The number of hydrogen-bond acceptors (Lipinski definition) is 7. The normalized spacial score (nSPS) is 23.2. The van der Waals surface area contributed by atoms with E-state index in [-0.39, 0.29) is 36.9 Å². The lowest BCUT2D eigenvalue weighted by Crippen LogP contribution is -2.46. The number of alkyl halides is 3. The van der Waals surface area contributed by atoms with Crippen LogP contribution in [0.1, 0.15) is 78.0 Å². The molecule has 2 aliphatic carbocycles. The van der Waals surface area contributed by atoms with Crippen LogP contribution in [0, 0.1) is 5.82 Å². The summed E-state index contributed by atoms with van der Waals surface area (Å²) in [5, 5.41) is -0.0659. The van der Waals surface area contributed by atoms with Gasteiger partial charge in [0.1, 0.15) is 5.82 Å². The second-order valence-corrected chi connectivity index (χ2v) is 14.9. The van der Waals surface area contributed by atoms with Crippen molar-refractivity contribution in [2.24, 2.45) is 0 Å². The van der Waals surface area contributed by atoms with Gasteiger partial charge in [0, 0.05) is 47.8 Å². The van der Waals surface area contributed by atoms with Crippen molar-refractivity contribution in [3.8, 4) is 0 Å². The number of nitrogens with zero attached hydrogens (tertiary/aromatic N) is 3. The van der Waals surface area contributed by atoms with Gasteiger partial charge in [-0.1, -0.05) is 27.7 Å². The average Bonchev–Trinajstić information content (AvgIpc) is 3.87. The lowest BCUT2D eigenvalue weighted by atomic mass is 9.98. The molecule has 0 aromatic heterocycles. The number of benzene rings is 2. The third-order valence-electron chi connectivity index (χ3n) is 8.85. The Morgan fingerprint density at radius 2 is 1.68 bits per heavy atom. The highest BCUT2D eigenvalue weighted by atomic mass is 35.5. The molecule has 15 heteroatoms. The molecule has 4 aliphatic rings. The molecule has 3 atom stereocenters. The molecule has 8 nitrogen and oxygen atoms in total. The van der Waals surface area contributed by atoms with Gasteiger partial charge in [-0.25, -0.2) is 17.6 Å². The highest BCUT2D eigenvalue weighted by Crippen LogP contribution is 2.45. The SMILES string of the molecule is C[C@H](c1cc(Cl)cc(Cl)c1)N1C[C@@H]2C[C@H]1CN2Cc1cc(F)c(C(=O)N(OC(=O)C(F)(F)F)S(=O)(=O)C2CC2)cc1C1CC1. The van der Waals surface area contributed by atoms with Crippen LogP contribution in [0.25, 0.3) is 0 Å². The number of carbonyl (C=O) groups is 2. The quantitative estimate of drug-likeness (QED) is 0.251. The molecule has 1 amide bonds. The van der Waals surface area contributed by atoms with Crippen LogP contribution in [-0.4, -0.2) is 71.2 Å². The minimum atomic E-state index is -5.57. The smallest absolute Gasteiger partial charge is 0.314 e. The number of likely N-dealkylation sites (tertiary alicyclic amines) is 2. The van der Waals surface area contributed by atoms with Crippen molar-refractivity contribution in [3.05, 3.63) is 68.4 Å². The van der Waals surface area contributed by atoms with Crippen molar-refractivity contribution in [2.75, 3.05) is 13.1 Å². The molecule has 0 spiro atoms. The van der Waals surface area contributed by atoms with E-state index in [1.54, 1.807) is 6.07 Å². The van der Waals surface area contributed by atoms with E-state index in [9.17, 15) is 31.2 Å². The van der Waals surface area contributed by atoms with Gasteiger partial charge in [0.05, 0.1) is 10.8 Å². The monoisotopic (exact) mass is 677 g/mol. The van der Waals surface area contributed by atoms with Gasteiger partial charge in [-0.15, -0.1) is 0 Å². The summed E-state index contributed by atoms with van der Waals surface area (Å²) >= 11 is 12.4. The van der Waals surface area contributed by atoms with E-state index in [1.807, 2.05) is 12.1 Å². The van der Waals surface area contributed by atoms with Crippen LogP contribution in [0.2, 0.25) is 10.0 Å². The van der Waals surface area contributed by atoms with Crippen molar-refractivity contribution in [2.45, 2.75) is 81.0 Å². The summed E-state index contributed by atoms with van der Waals surface area (Å²) in [4.78, 5) is 33.5. The highest BCUT2D eigenvalue weighted by molar-refractivity contribution is 7.90. The Morgan fingerprint density at radius 3 is 2.23 bits per heavy atom. The maximum Gasteiger partial charge on any atom is 0.493 e. The van der Waals surface area contributed by atoms with Crippen molar-refractivity contribution < 1.29 is 40.4 Å². The molecule has 2 bridgehead atoms. The molecule has 2 aromatic carbocycles. The summed E-state index contributed by atoms with van der Waals surface area (Å²) < 4.78 is 79.3. The molecule has 238 valence electrons. The van der Waals surface area contributed by atoms with Crippen LogP contribution in [0.3, 0.4) is 0 Å². The summed E-state index contributed by atoms with van der Waals surface area (Å²) in [5.41, 5.74) is 1.50. The van der Waals surface area contributed by atoms with Crippen LogP contribution in [0.4, 0.5) is 17.6 Å². The van der Waals surface area contributed by atoms with E-state index < -0.39 is 49.2 Å². The summed E-state index contributed by atoms with van der Waals surface area (Å²) in [7, 11) is -4.79. The Balaban J connectivity index is 1.22. The second kappa shape index (κ2) is 11.4. The number of hydrogen-bond donors (Lipinski definition) is 0. The molecule has 2 saturated heterocycles. The highest BCUT2D eigenvalue weighted by Gasteiger charge is 2.51. The molecule has 2 saturated carbocycles. The van der Waals surface area contributed by atoms with Gasteiger partial charge >= 0.3 is 18.1 Å². The van der Waals surface area contributed by atoms with E-state index in [0.717, 1.165) is 44.0 Å². The van der Waals surface area contributed by atoms with Crippen molar-refractivity contribution >= 4 is 45.1 Å².